The average Bonchev–Trinajstić information content (AvgIpc) is 2.35. The number of benzene rings is 1. The van der Waals surface area contributed by atoms with Crippen LogP contribution in [-0.2, 0) is 4.74 Å². The first kappa shape index (κ1) is 12.9. The molecule has 0 aliphatic carbocycles. The van der Waals surface area contributed by atoms with E-state index in [1.54, 1.807) is 4.90 Å². The SMILES string of the molecule is Cc1ccc(C)c(N2CC(CCO)COC2=O)c1. The minimum absolute atomic E-state index is 0.128. The molecule has 1 N–H and O–H groups in total. The van der Waals surface area contributed by atoms with Crippen LogP contribution in [0.15, 0.2) is 18.2 Å². The summed E-state index contributed by atoms with van der Waals surface area (Å²) in [5.74, 6) is 0.201. The lowest BCUT2D eigenvalue weighted by atomic mass is 10.0. The first-order chi connectivity index (χ1) is 8.61. The third kappa shape index (κ3) is 2.64. The van der Waals surface area contributed by atoms with Gasteiger partial charge in [-0.25, -0.2) is 4.79 Å². The van der Waals surface area contributed by atoms with Crippen LogP contribution >= 0.6 is 0 Å². The number of hydrogen-bond donors (Lipinski definition) is 1. The van der Waals surface area contributed by atoms with E-state index < -0.39 is 0 Å². The van der Waals surface area contributed by atoms with Gasteiger partial charge < -0.3 is 9.84 Å². The van der Waals surface area contributed by atoms with Crippen LogP contribution in [0.4, 0.5) is 10.5 Å². The number of aliphatic hydroxyl groups is 1. The van der Waals surface area contributed by atoms with E-state index in [0.29, 0.717) is 19.6 Å². The van der Waals surface area contributed by atoms with Gasteiger partial charge in [0, 0.05) is 19.1 Å². The van der Waals surface area contributed by atoms with Crippen molar-refractivity contribution in [2.45, 2.75) is 20.3 Å². The van der Waals surface area contributed by atoms with Crippen LogP contribution in [-0.4, -0.2) is 31.0 Å². The van der Waals surface area contributed by atoms with E-state index in [4.69, 9.17) is 9.84 Å². The number of carbonyl (C=O) groups excluding carboxylic acids is 1. The Labute approximate surface area is 107 Å². The Kier molecular flexibility index (Phi) is 3.87. The van der Waals surface area contributed by atoms with Crippen LogP contribution in [0, 0.1) is 19.8 Å². The number of rotatable bonds is 3. The van der Waals surface area contributed by atoms with E-state index >= 15 is 0 Å². The van der Waals surface area contributed by atoms with Crippen molar-refractivity contribution in [1.29, 1.82) is 0 Å². The summed E-state index contributed by atoms with van der Waals surface area (Å²) < 4.78 is 5.18. The molecule has 0 radical (unpaired) electrons. The number of nitrogens with zero attached hydrogens (tertiary/aromatic N) is 1. The van der Waals surface area contributed by atoms with Gasteiger partial charge in [0.05, 0.1) is 12.3 Å². The Morgan fingerprint density at radius 3 is 2.94 bits per heavy atom. The molecule has 1 heterocycles. The van der Waals surface area contributed by atoms with E-state index in [-0.39, 0.29) is 18.6 Å². The Bertz CT molecular complexity index is 445. The van der Waals surface area contributed by atoms with Gasteiger partial charge in [-0.3, -0.25) is 4.90 Å². The highest BCUT2D eigenvalue weighted by Crippen LogP contribution is 2.26. The number of amides is 1. The number of aryl methyl sites for hydroxylation is 2. The molecule has 4 nitrogen and oxygen atoms in total. The van der Waals surface area contributed by atoms with Crippen LogP contribution in [0.25, 0.3) is 0 Å². The van der Waals surface area contributed by atoms with Crippen LogP contribution in [0.1, 0.15) is 17.5 Å². The maximum absolute atomic E-state index is 11.8. The van der Waals surface area contributed by atoms with Crippen LogP contribution in [0.5, 0.6) is 0 Å². The fourth-order valence-corrected chi connectivity index (χ4v) is 2.22. The van der Waals surface area contributed by atoms with Gasteiger partial charge in [-0.05, 0) is 37.5 Å². The van der Waals surface area contributed by atoms with Gasteiger partial charge in [0.1, 0.15) is 0 Å². The van der Waals surface area contributed by atoms with Crippen molar-refractivity contribution in [3.05, 3.63) is 29.3 Å². The standard InChI is InChI=1S/C14H19NO3/c1-10-3-4-11(2)13(7-10)15-8-12(5-6-16)9-18-14(15)17/h3-4,7,12,16H,5-6,8-9H2,1-2H3. The zero-order valence-electron chi connectivity index (χ0n) is 10.8. The van der Waals surface area contributed by atoms with Crippen molar-refractivity contribution in [1.82, 2.24) is 0 Å². The Hall–Kier alpha value is -1.55. The van der Waals surface area contributed by atoms with Crippen molar-refractivity contribution >= 4 is 11.8 Å². The molecule has 18 heavy (non-hydrogen) atoms. The summed E-state index contributed by atoms with van der Waals surface area (Å²) in [6.45, 7) is 5.13. The molecule has 0 bridgehead atoms. The minimum atomic E-state index is -0.294. The minimum Gasteiger partial charge on any atom is -0.449 e. The summed E-state index contributed by atoms with van der Waals surface area (Å²) in [7, 11) is 0. The third-order valence-electron chi connectivity index (χ3n) is 3.30. The third-order valence-corrected chi connectivity index (χ3v) is 3.30. The molecule has 1 aliphatic heterocycles. The van der Waals surface area contributed by atoms with Crippen molar-refractivity contribution in [2.24, 2.45) is 5.92 Å². The fourth-order valence-electron chi connectivity index (χ4n) is 2.22. The number of carbonyl (C=O) groups is 1. The van der Waals surface area contributed by atoms with Crippen molar-refractivity contribution in [3.63, 3.8) is 0 Å². The molecule has 4 heteroatoms. The van der Waals surface area contributed by atoms with E-state index in [2.05, 4.69) is 0 Å². The van der Waals surface area contributed by atoms with Gasteiger partial charge >= 0.3 is 6.09 Å². The van der Waals surface area contributed by atoms with Crippen LogP contribution < -0.4 is 4.90 Å². The summed E-state index contributed by atoms with van der Waals surface area (Å²) in [5, 5.41) is 8.98. The zero-order chi connectivity index (χ0) is 13.1. The summed E-state index contributed by atoms with van der Waals surface area (Å²) in [6, 6.07) is 6.03. The first-order valence-electron chi connectivity index (χ1n) is 6.24. The summed E-state index contributed by atoms with van der Waals surface area (Å²) in [4.78, 5) is 13.5. The van der Waals surface area contributed by atoms with Gasteiger partial charge in [0.25, 0.3) is 0 Å². The quantitative estimate of drug-likeness (QED) is 0.894. The fraction of sp³-hybridized carbons (Fsp3) is 0.500. The Morgan fingerprint density at radius 2 is 2.22 bits per heavy atom. The molecule has 0 saturated carbocycles. The molecule has 1 aliphatic rings. The highest BCUT2D eigenvalue weighted by molar-refractivity contribution is 5.89. The summed E-state index contributed by atoms with van der Waals surface area (Å²) in [5.41, 5.74) is 3.08. The topological polar surface area (TPSA) is 49.8 Å². The zero-order valence-corrected chi connectivity index (χ0v) is 10.8. The molecular weight excluding hydrogens is 230 g/mol. The molecule has 0 aromatic heterocycles. The maximum atomic E-state index is 11.8. The lowest BCUT2D eigenvalue weighted by Crippen LogP contribution is -2.43. The molecule has 1 amide bonds. The number of aliphatic hydroxyl groups excluding tert-OH is 1. The smallest absolute Gasteiger partial charge is 0.414 e. The monoisotopic (exact) mass is 249 g/mol. The molecule has 98 valence electrons. The molecule has 2 rings (SSSR count). The second-order valence-electron chi connectivity index (χ2n) is 4.86. The normalized spacial score (nSPS) is 19.8. The van der Waals surface area contributed by atoms with Gasteiger partial charge in [-0.1, -0.05) is 12.1 Å². The number of ether oxygens (including phenoxy) is 1. The van der Waals surface area contributed by atoms with Gasteiger partial charge in [-0.15, -0.1) is 0 Å². The number of cyclic esters (lactones) is 1. The second kappa shape index (κ2) is 5.40. The highest BCUT2D eigenvalue weighted by Gasteiger charge is 2.28. The Morgan fingerprint density at radius 1 is 1.44 bits per heavy atom. The molecular formula is C14H19NO3. The van der Waals surface area contributed by atoms with Crippen molar-refractivity contribution in [2.75, 3.05) is 24.7 Å². The van der Waals surface area contributed by atoms with Gasteiger partial charge in [0.15, 0.2) is 0 Å². The maximum Gasteiger partial charge on any atom is 0.414 e. The lowest BCUT2D eigenvalue weighted by molar-refractivity contribution is 0.104. The molecule has 0 spiro atoms. The molecule has 1 unspecified atom stereocenters. The van der Waals surface area contributed by atoms with Gasteiger partial charge in [-0.2, -0.15) is 0 Å². The van der Waals surface area contributed by atoms with Crippen LogP contribution in [0.3, 0.4) is 0 Å². The largest absolute Gasteiger partial charge is 0.449 e. The van der Waals surface area contributed by atoms with E-state index in [0.717, 1.165) is 16.8 Å². The van der Waals surface area contributed by atoms with E-state index in [1.165, 1.54) is 0 Å². The first-order valence-corrected chi connectivity index (χ1v) is 6.24. The second-order valence-corrected chi connectivity index (χ2v) is 4.86. The van der Waals surface area contributed by atoms with Crippen molar-refractivity contribution in [3.8, 4) is 0 Å². The molecule has 1 fully saturated rings. The van der Waals surface area contributed by atoms with E-state index in [1.807, 2.05) is 32.0 Å². The summed E-state index contributed by atoms with van der Waals surface area (Å²) in [6.07, 6.45) is 0.368. The van der Waals surface area contributed by atoms with Crippen molar-refractivity contribution < 1.29 is 14.6 Å². The average molecular weight is 249 g/mol. The highest BCUT2D eigenvalue weighted by atomic mass is 16.6. The van der Waals surface area contributed by atoms with Gasteiger partial charge in [0.2, 0.25) is 0 Å². The molecule has 1 saturated heterocycles. The number of anilines is 1. The van der Waals surface area contributed by atoms with E-state index in [9.17, 15) is 4.79 Å². The molecule has 1 aromatic carbocycles. The molecule has 1 aromatic rings. The molecule has 1 atom stereocenters. The summed E-state index contributed by atoms with van der Waals surface area (Å²) >= 11 is 0. The predicted octanol–water partition coefficient (Wildman–Crippen LogP) is 2.26. The van der Waals surface area contributed by atoms with Crippen LogP contribution in [0.2, 0.25) is 0 Å². The lowest BCUT2D eigenvalue weighted by Gasteiger charge is -2.33. The Balaban J connectivity index is 2.24. The predicted molar refractivity (Wildman–Crippen MR) is 69.8 cm³/mol. The number of hydrogen-bond acceptors (Lipinski definition) is 3.